The Morgan fingerprint density at radius 1 is 1.12 bits per heavy atom. The number of fused-ring (bicyclic) bond motifs is 4. The van der Waals surface area contributed by atoms with Crippen LogP contribution in [0.1, 0.15) is 25.7 Å². The van der Waals surface area contributed by atoms with Crippen LogP contribution in [0.4, 0.5) is 10.5 Å². The van der Waals surface area contributed by atoms with Gasteiger partial charge in [0.05, 0.1) is 0 Å². The molecule has 1 aliphatic carbocycles. The van der Waals surface area contributed by atoms with Gasteiger partial charge in [-0.2, -0.15) is 0 Å². The largest absolute Gasteiger partial charge is 0.323 e. The molecule has 4 aliphatic rings. The molecule has 5 rings (SSSR count). The van der Waals surface area contributed by atoms with Crippen molar-refractivity contribution in [2.24, 2.45) is 11.8 Å². The summed E-state index contributed by atoms with van der Waals surface area (Å²) in [5.41, 5.74) is 0.893. The summed E-state index contributed by atoms with van der Waals surface area (Å²) in [5, 5.41) is 3.09. The summed E-state index contributed by atoms with van der Waals surface area (Å²) in [7, 11) is 0. The highest BCUT2D eigenvalue weighted by atomic mass is 32.2. The van der Waals surface area contributed by atoms with Crippen molar-refractivity contribution in [2.45, 2.75) is 36.6 Å². The molecule has 2 amide bonds. The normalized spacial score (nSPS) is 27.1. The molecule has 4 nitrogen and oxygen atoms in total. The van der Waals surface area contributed by atoms with Gasteiger partial charge in [-0.15, -0.1) is 11.8 Å². The smallest absolute Gasteiger partial charge is 0.321 e. The molecule has 3 heterocycles. The minimum atomic E-state index is 0.0667. The van der Waals surface area contributed by atoms with Gasteiger partial charge >= 0.3 is 6.03 Å². The van der Waals surface area contributed by atoms with E-state index < -0.39 is 0 Å². The first-order valence-electron chi connectivity index (χ1n) is 9.15. The fraction of sp³-hybridized carbons (Fsp3) is 0.632. The zero-order valence-electron chi connectivity index (χ0n) is 14.4. The average Bonchev–Trinajstić information content (AvgIpc) is 3.43. The van der Waals surface area contributed by atoms with Crippen molar-refractivity contribution < 1.29 is 4.79 Å². The Kier molecular flexibility index (Phi) is 4.72. The topological polar surface area (TPSA) is 35.6 Å². The van der Waals surface area contributed by atoms with Crippen molar-refractivity contribution in [2.75, 3.05) is 37.8 Å². The Balaban J connectivity index is 1.39. The van der Waals surface area contributed by atoms with Crippen LogP contribution in [0, 0.1) is 11.8 Å². The number of rotatable bonds is 4. The van der Waals surface area contributed by atoms with Gasteiger partial charge in [0, 0.05) is 42.8 Å². The standard InChI is InChI=1S/C19H27N3OS/c1-24-18-8-5-16(6-9-18)20-19(23)22-12-15-4-7-17(13-22)21(11-15)10-14-2-3-14/h5-6,8-9,14-15,17H,2-4,7,10-13H2,1H3,(H,20,23)/t15-,17-/m0/s1. The number of nitrogens with one attached hydrogen (secondary N) is 1. The number of thioether (sulfide) groups is 1. The summed E-state index contributed by atoms with van der Waals surface area (Å²) in [5.74, 6) is 1.58. The van der Waals surface area contributed by atoms with Gasteiger partial charge in [-0.1, -0.05) is 0 Å². The lowest BCUT2D eigenvalue weighted by Gasteiger charge is -2.36. The number of benzene rings is 1. The van der Waals surface area contributed by atoms with Crippen molar-refractivity contribution in [1.29, 1.82) is 0 Å². The number of carbonyl (C=O) groups is 1. The Bertz CT molecular complexity index is 587. The van der Waals surface area contributed by atoms with Crippen molar-refractivity contribution in [1.82, 2.24) is 9.80 Å². The van der Waals surface area contributed by atoms with Crippen LogP contribution in [-0.4, -0.2) is 54.3 Å². The van der Waals surface area contributed by atoms with Gasteiger partial charge in [0.15, 0.2) is 0 Å². The van der Waals surface area contributed by atoms with Crippen LogP contribution < -0.4 is 5.32 Å². The maximum Gasteiger partial charge on any atom is 0.321 e. The lowest BCUT2D eigenvalue weighted by Crippen LogP contribution is -2.45. The minimum absolute atomic E-state index is 0.0667. The molecule has 0 unspecified atom stereocenters. The van der Waals surface area contributed by atoms with Crippen LogP contribution in [0.15, 0.2) is 29.2 Å². The molecule has 1 aromatic carbocycles. The third-order valence-corrected chi connectivity index (χ3v) is 6.39. The molecular formula is C19H27N3OS. The van der Waals surface area contributed by atoms with E-state index in [9.17, 15) is 4.79 Å². The van der Waals surface area contributed by atoms with E-state index in [1.54, 1.807) is 11.8 Å². The predicted molar refractivity (Wildman–Crippen MR) is 99.6 cm³/mol. The van der Waals surface area contributed by atoms with E-state index >= 15 is 0 Å². The maximum atomic E-state index is 12.7. The van der Waals surface area contributed by atoms with Gasteiger partial charge in [-0.3, -0.25) is 4.90 Å². The van der Waals surface area contributed by atoms with Crippen molar-refractivity contribution in [3.63, 3.8) is 0 Å². The van der Waals surface area contributed by atoms with E-state index in [1.807, 2.05) is 12.1 Å². The Morgan fingerprint density at radius 3 is 2.62 bits per heavy atom. The highest BCUT2D eigenvalue weighted by molar-refractivity contribution is 7.98. The molecule has 1 saturated carbocycles. The predicted octanol–water partition coefficient (Wildman–Crippen LogP) is 3.75. The quantitative estimate of drug-likeness (QED) is 0.844. The summed E-state index contributed by atoms with van der Waals surface area (Å²) in [6.07, 6.45) is 7.41. The number of piperidine rings is 1. The average molecular weight is 346 g/mol. The van der Waals surface area contributed by atoms with Crippen LogP contribution in [0.5, 0.6) is 0 Å². The summed E-state index contributed by atoms with van der Waals surface area (Å²) >= 11 is 1.72. The minimum Gasteiger partial charge on any atom is -0.323 e. The second-order valence-corrected chi connectivity index (χ2v) is 8.44. The molecule has 5 heteroatoms. The Hall–Kier alpha value is -1.20. The number of hydrogen-bond donors (Lipinski definition) is 1. The number of hydrogen-bond acceptors (Lipinski definition) is 3. The Labute approximate surface area is 149 Å². The zero-order valence-corrected chi connectivity index (χ0v) is 15.2. The number of carbonyl (C=O) groups excluding carboxylic acids is 1. The summed E-state index contributed by atoms with van der Waals surface area (Å²) in [6, 6.07) is 8.74. The molecule has 0 radical (unpaired) electrons. The summed E-state index contributed by atoms with van der Waals surface area (Å²) in [6.45, 7) is 4.24. The van der Waals surface area contributed by atoms with Gasteiger partial charge in [0.2, 0.25) is 0 Å². The Morgan fingerprint density at radius 2 is 1.92 bits per heavy atom. The van der Waals surface area contributed by atoms with Gasteiger partial charge in [-0.05, 0) is 68.0 Å². The molecule has 0 aromatic heterocycles. The second kappa shape index (κ2) is 6.96. The van der Waals surface area contributed by atoms with E-state index in [-0.39, 0.29) is 6.03 Å². The summed E-state index contributed by atoms with van der Waals surface area (Å²) < 4.78 is 0. The molecule has 1 N–H and O–H groups in total. The fourth-order valence-electron chi connectivity index (χ4n) is 4.08. The van der Waals surface area contributed by atoms with Gasteiger partial charge in [-0.25, -0.2) is 4.79 Å². The van der Waals surface area contributed by atoms with Crippen molar-refractivity contribution in [3.8, 4) is 0 Å². The first-order chi connectivity index (χ1) is 11.7. The van der Waals surface area contributed by atoms with Crippen LogP contribution in [-0.2, 0) is 0 Å². The zero-order chi connectivity index (χ0) is 16.5. The third-order valence-electron chi connectivity index (χ3n) is 5.65. The second-order valence-electron chi connectivity index (χ2n) is 7.56. The van der Waals surface area contributed by atoms with E-state index in [0.717, 1.165) is 24.7 Å². The van der Waals surface area contributed by atoms with Crippen LogP contribution in [0.2, 0.25) is 0 Å². The lowest BCUT2D eigenvalue weighted by atomic mass is 9.95. The summed E-state index contributed by atoms with van der Waals surface area (Å²) in [4.78, 5) is 18.7. The molecule has 4 fully saturated rings. The van der Waals surface area contributed by atoms with E-state index in [2.05, 4.69) is 33.5 Å². The molecule has 3 aliphatic heterocycles. The lowest BCUT2D eigenvalue weighted by molar-refractivity contribution is 0.126. The number of nitrogens with zero attached hydrogens (tertiary/aromatic N) is 2. The fourth-order valence-corrected chi connectivity index (χ4v) is 4.49. The molecule has 1 aromatic rings. The molecule has 0 spiro atoms. The van der Waals surface area contributed by atoms with Gasteiger partial charge in [0.25, 0.3) is 0 Å². The molecule has 2 bridgehead atoms. The highest BCUT2D eigenvalue weighted by Crippen LogP contribution is 2.35. The van der Waals surface area contributed by atoms with Gasteiger partial charge < -0.3 is 10.2 Å². The SMILES string of the molecule is CSc1ccc(NC(=O)N2C[C@H]3CC[C@@H](C2)N(CC2CC2)C3)cc1. The van der Waals surface area contributed by atoms with E-state index in [4.69, 9.17) is 0 Å². The van der Waals surface area contributed by atoms with Crippen LogP contribution >= 0.6 is 11.8 Å². The first-order valence-corrected chi connectivity index (χ1v) is 10.4. The van der Waals surface area contributed by atoms with Crippen LogP contribution in [0.3, 0.4) is 0 Å². The van der Waals surface area contributed by atoms with E-state index in [0.29, 0.717) is 12.0 Å². The number of urea groups is 1. The molecule has 130 valence electrons. The highest BCUT2D eigenvalue weighted by Gasteiger charge is 2.38. The third kappa shape index (κ3) is 3.72. The van der Waals surface area contributed by atoms with Gasteiger partial charge in [0.1, 0.15) is 0 Å². The molecule has 24 heavy (non-hydrogen) atoms. The van der Waals surface area contributed by atoms with Crippen LogP contribution in [0.25, 0.3) is 0 Å². The molecule has 3 saturated heterocycles. The maximum absolute atomic E-state index is 12.7. The van der Waals surface area contributed by atoms with Crippen molar-refractivity contribution in [3.05, 3.63) is 24.3 Å². The monoisotopic (exact) mass is 345 g/mol. The molecule has 2 atom stereocenters. The first kappa shape index (κ1) is 16.3. The number of amides is 2. The van der Waals surface area contributed by atoms with Crippen molar-refractivity contribution >= 4 is 23.5 Å². The number of anilines is 1. The van der Waals surface area contributed by atoms with E-state index in [1.165, 1.54) is 43.7 Å². The molecular weight excluding hydrogens is 318 g/mol.